The summed E-state index contributed by atoms with van der Waals surface area (Å²) in [5.74, 6) is 0. The minimum atomic E-state index is -0.997. The van der Waals surface area contributed by atoms with Gasteiger partial charge in [-0.2, -0.15) is 0 Å². The Morgan fingerprint density at radius 3 is 1.05 bits per heavy atom. The zero-order valence-electron chi connectivity index (χ0n) is 16.5. The maximum Gasteiger partial charge on any atom is -1.00 e. The Morgan fingerprint density at radius 2 is 0.857 bits per heavy atom. The van der Waals surface area contributed by atoms with E-state index in [-0.39, 0.29) is 1.43 Å². The van der Waals surface area contributed by atoms with Crippen LogP contribution in [0.2, 0.25) is 0 Å². The van der Waals surface area contributed by atoms with Crippen molar-refractivity contribution in [1.29, 1.82) is 0 Å². The van der Waals surface area contributed by atoms with E-state index in [1.165, 1.54) is 0 Å². The minimum Gasteiger partial charge on any atom is -1.00 e. The fourth-order valence-corrected chi connectivity index (χ4v) is 10.1. The predicted octanol–water partition coefficient (Wildman–Crippen LogP) is 6.48. The molecule has 0 aliphatic heterocycles. The average Bonchev–Trinajstić information content (AvgIpc) is 2.63. The van der Waals surface area contributed by atoms with Gasteiger partial charge in [0.1, 0.15) is 0 Å². The molecule has 0 saturated heterocycles. The zero-order chi connectivity index (χ0) is 16.3. The molecule has 0 bridgehead atoms. The molecule has 21 heavy (non-hydrogen) atoms. The van der Waals surface area contributed by atoms with E-state index < -0.39 is 37.6 Å². The molecule has 0 saturated carbocycles. The van der Waals surface area contributed by atoms with Crippen molar-refractivity contribution in [3.8, 4) is 0 Å². The minimum absolute atomic E-state index is 0. The second-order valence-corrected chi connectivity index (χ2v) is 11.8. The van der Waals surface area contributed by atoms with Crippen LogP contribution in [0.4, 0.5) is 0 Å². The summed E-state index contributed by atoms with van der Waals surface area (Å²) in [6, 6.07) is 0. The van der Waals surface area contributed by atoms with Gasteiger partial charge in [0, 0.05) is 0 Å². The van der Waals surface area contributed by atoms with Crippen LogP contribution in [0.15, 0.2) is 35.6 Å². The normalized spacial score (nSPS) is 24.5. The van der Waals surface area contributed by atoms with Crippen LogP contribution in [0.1, 0.15) is 70.7 Å². The fraction of sp³-hybridized carbons (Fsp3) is 0.600. The second-order valence-electron chi connectivity index (χ2n) is 7.88. The van der Waals surface area contributed by atoms with E-state index >= 15 is 0 Å². The van der Waals surface area contributed by atoms with Crippen LogP contribution in [-0.2, 0) is 0 Å². The molecule has 0 nitrogen and oxygen atoms in total. The van der Waals surface area contributed by atoms with Crippen LogP contribution >= 0.6 is 0 Å². The Bertz CT molecular complexity index is 581. The smallest absolute Gasteiger partial charge is 1.00 e. The molecule has 0 aromatic rings. The van der Waals surface area contributed by atoms with E-state index in [1.807, 2.05) is 2.18 Å². The molecule has 0 aromatic carbocycles. The van der Waals surface area contributed by atoms with Crippen molar-refractivity contribution in [1.82, 2.24) is 0 Å². The molecule has 2 aliphatic carbocycles. The van der Waals surface area contributed by atoms with Crippen LogP contribution in [-0.4, -0.2) is 0 Å². The summed E-state index contributed by atoms with van der Waals surface area (Å²) in [6.07, 6.45) is 0. The van der Waals surface area contributed by atoms with Crippen molar-refractivity contribution < 1.29 is 39.0 Å². The SMILES string of the molecule is CC1=C(C)C(C)(C)[C]([Ce+][C]2=C(C)C(C)=C(C)C2(C)C)=C1C.[H-]. The first-order valence-corrected chi connectivity index (χ1v) is 11.1. The summed E-state index contributed by atoms with van der Waals surface area (Å²) >= 11 is -0.997. The molecule has 0 fully saturated rings. The van der Waals surface area contributed by atoms with Gasteiger partial charge in [-0.05, 0) is 0 Å². The topological polar surface area (TPSA) is 0 Å². The average molecular weight is 412 g/mol. The molecule has 0 heterocycles. The quantitative estimate of drug-likeness (QED) is 0.487. The first-order chi connectivity index (χ1) is 9.44. The van der Waals surface area contributed by atoms with Crippen molar-refractivity contribution in [2.24, 2.45) is 10.8 Å². The van der Waals surface area contributed by atoms with E-state index in [0.29, 0.717) is 10.8 Å². The van der Waals surface area contributed by atoms with Crippen molar-refractivity contribution >= 4 is 0 Å². The van der Waals surface area contributed by atoms with Crippen LogP contribution in [0, 0.1) is 48.4 Å². The summed E-state index contributed by atoms with van der Waals surface area (Å²) in [5, 5.41) is 0. The molecular weight excluding hydrogens is 380 g/mol. The maximum absolute atomic E-state index is 2.44. The Kier molecular flexibility index (Phi) is 4.59. The number of hydrogen-bond acceptors (Lipinski definition) is 0. The van der Waals surface area contributed by atoms with Gasteiger partial charge in [0.25, 0.3) is 0 Å². The van der Waals surface area contributed by atoms with Crippen molar-refractivity contribution in [3.63, 3.8) is 0 Å². The van der Waals surface area contributed by atoms with Crippen LogP contribution < -0.4 is 0 Å². The molecule has 1 heteroatoms. The second kappa shape index (κ2) is 5.45. The first-order valence-electron chi connectivity index (χ1n) is 8.00. The van der Waals surface area contributed by atoms with Gasteiger partial charge in [-0.3, -0.25) is 0 Å². The van der Waals surface area contributed by atoms with Crippen LogP contribution in [0.3, 0.4) is 0 Å². The Hall–Kier alpha value is 0.337. The van der Waals surface area contributed by atoms with E-state index in [0.717, 1.165) is 0 Å². The van der Waals surface area contributed by atoms with Crippen molar-refractivity contribution in [2.75, 3.05) is 0 Å². The zero-order valence-corrected chi connectivity index (χ0v) is 18.6. The summed E-state index contributed by atoms with van der Waals surface area (Å²) in [7, 11) is 0. The van der Waals surface area contributed by atoms with Crippen LogP contribution in [0.25, 0.3) is 0 Å². The summed E-state index contributed by atoms with van der Waals surface area (Å²) in [6.45, 7) is 23.8. The summed E-state index contributed by atoms with van der Waals surface area (Å²) in [4.78, 5) is 0. The Labute approximate surface area is 153 Å². The number of rotatable bonds is 2. The molecule has 2 aliphatic rings. The third-order valence-corrected chi connectivity index (χ3v) is 14.2. The predicted molar refractivity (Wildman–Crippen MR) is 90.8 cm³/mol. The van der Waals surface area contributed by atoms with Gasteiger partial charge in [0.05, 0.1) is 0 Å². The molecule has 0 radical (unpaired) electrons. The third kappa shape index (κ3) is 2.50. The van der Waals surface area contributed by atoms with Gasteiger partial charge in [-0.15, -0.1) is 0 Å². The van der Waals surface area contributed by atoms with Crippen molar-refractivity contribution in [2.45, 2.75) is 69.2 Å². The number of allylic oxidation sites excluding steroid dienone is 8. The van der Waals surface area contributed by atoms with E-state index in [2.05, 4.69) is 69.2 Å². The van der Waals surface area contributed by atoms with Gasteiger partial charge < -0.3 is 1.43 Å². The van der Waals surface area contributed by atoms with E-state index in [1.54, 1.807) is 33.4 Å². The molecular formula is C20H31Ce. The van der Waals surface area contributed by atoms with Gasteiger partial charge in [-0.1, -0.05) is 0 Å². The fourth-order valence-electron chi connectivity index (χ4n) is 3.81. The molecule has 0 N–H and O–H groups in total. The van der Waals surface area contributed by atoms with Crippen molar-refractivity contribution in [3.05, 3.63) is 35.6 Å². The molecule has 0 unspecified atom stereocenters. The number of hydrogen-bond donors (Lipinski definition) is 0. The summed E-state index contributed by atoms with van der Waals surface area (Å²) < 4.78 is 3.64. The molecule has 0 spiro atoms. The van der Waals surface area contributed by atoms with Gasteiger partial charge in [0.2, 0.25) is 0 Å². The monoisotopic (exact) mass is 411 g/mol. The van der Waals surface area contributed by atoms with E-state index in [4.69, 9.17) is 0 Å². The third-order valence-electron chi connectivity index (χ3n) is 6.38. The van der Waals surface area contributed by atoms with Gasteiger partial charge in [0.15, 0.2) is 0 Å². The largest absolute Gasteiger partial charge is 1.00 e. The van der Waals surface area contributed by atoms with E-state index in [9.17, 15) is 0 Å². The molecule has 2 rings (SSSR count). The van der Waals surface area contributed by atoms with Gasteiger partial charge >= 0.3 is 153 Å². The first kappa shape index (κ1) is 17.7. The molecule has 0 aromatic heterocycles. The van der Waals surface area contributed by atoms with Gasteiger partial charge in [-0.25, -0.2) is 0 Å². The maximum atomic E-state index is 2.44. The molecule has 115 valence electrons. The standard InChI is InChI=1S/2C10H15.Ce.H/c2*1-7-6-10(4,5)9(3)8(7)2;;/h2*1-5H3;;/q;;+1;-1. The van der Waals surface area contributed by atoms with Crippen LogP contribution in [0.5, 0.6) is 0 Å². The summed E-state index contributed by atoms with van der Waals surface area (Å²) in [5.41, 5.74) is 10.1. The molecule has 0 amide bonds. The molecule has 0 atom stereocenters. The Morgan fingerprint density at radius 1 is 0.571 bits per heavy atom. The Balaban J connectivity index is 0.00000242.